The van der Waals surface area contributed by atoms with Crippen LogP contribution < -0.4 is 5.32 Å². The predicted octanol–water partition coefficient (Wildman–Crippen LogP) is 5.16. The van der Waals surface area contributed by atoms with Crippen molar-refractivity contribution in [2.45, 2.75) is 52.1 Å². The Kier molecular flexibility index (Phi) is 7.17. The highest BCUT2D eigenvalue weighted by molar-refractivity contribution is 9.10. The van der Waals surface area contributed by atoms with Crippen LogP contribution >= 0.6 is 27.5 Å². The zero-order chi connectivity index (χ0) is 12.7. The molecule has 96 valence electrons. The van der Waals surface area contributed by atoms with Crippen LogP contribution in [0.4, 0.5) is 0 Å². The number of benzene rings is 1. The molecule has 1 aromatic rings. The van der Waals surface area contributed by atoms with Crippen molar-refractivity contribution in [3.8, 4) is 0 Å². The molecule has 17 heavy (non-hydrogen) atoms. The molecule has 0 aliphatic heterocycles. The van der Waals surface area contributed by atoms with Crippen LogP contribution in [0, 0.1) is 0 Å². The van der Waals surface area contributed by atoms with Crippen molar-refractivity contribution >= 4 is 27.5 Å². The minimum Gasteiger partial charge on any atom is -0.310 e. The Balaban J connectivity index is 2.36. The van der Waals surface area contributed by atoms with E-state index in [1.807, 2.05) is 18.2 Å². The van der Waals surface area contributed by atoms with Crippen molar-refractivity contribution < 1.29 is 0 Å². The lowest BCUT2D eigenvalue weighted by atomic mass is 10.1. The molecule has 0 fully saturated rings. The Morgan fingerprint density at radius 3 is 2.82 bits per heavy atom. The summed E-state index contributed by atoms with van der Waals surface area (Å²) in [5.74, 6) is 0. The Hall–Kier alpha value is -0.0500. The first kappa shape index (κ1) is 15.0. The first-order chi connectivity index (χ1) is 8.13. The molecular weight excluding hydrogens is 298 g/mol. The van der Waals surface area contributed by atoms with Crippen LogP contribution in [0.25, 0.3) is 0 Å². The van der Waals surface area contributed by atoms with Crippen molar-refractivity contribution in [1.29, 1.82) is 0 Å². The molecule has 3 heteroatoms. The molecule has 0 heterocycles. The summed E-state index contributed by atoms with van der Waals surface area (Å²) in [7, 11) is 0. The minimum atomic E-state index is 0.562. The van der Waals surface area contributed by atoms with Crippen molar-refractivity contribution in [3.63, 3.8) is 0 Å². The van der Waals surface area contributed by atoms with E-state index in [4.69, 9.17) is 11.6 Å². The molecule has 1 nitrogen and oxygen atoms in total. The van der Waals surface area contributed by atoms with E-state index in [-0.39, 0.29) is 0 Å². The van der Waals surface area contributed by atoms with Gasteiger partial charge in [-0.3, -0.25) is 0 Å². The fraction of sp³-hybridized carbons (Fsp3) is 0.571. The van der Waals surface area contributed by atoms with Crippen LogP contribution in [-0.2, 0) is 6.54 Å². The lowest BCUT2D eigenvalue weighted by Gasteiger charge is -2.14. The third-order valence-corrected chi connectivity index (χ3v) is 3.90. The van der Waals surface area contributed by atoms with Crippen molar-refractivity contribution in [2.75, 3.05) is 0 Å². The second kappa shape index (κ2) is 8.12. The van der Waals surface area contributed by atoms with Gasteiger partial charge in [0.05, 0.1) is 0 Å². The van der Waals surface area contributed by atoms with E-state index < -0.39 is 0 Å². The summed E-state index contributed by atoms with van der Waals surface area (Å²) in [6.07, 6.45) is 5.16. The smallest absolute Gasteiger partial charge is 0.0410 e. The zero-order valence-electron chi connectivity index (χ0n) is 10.6. The fourth-order valence-electron chi connectivity index (χ4n) is 1.77. The van der Waals surface area contributed by atoms with E-state index in [0.29, 0.717) is 6.04 Å². The number of hydrogen-bond donors (Lipinski definition) is 1. The largest absolute Gasteiger partial charge is 0.310 e. The van der Waals surface area contributed by atoms with Gasteiger partial charge in [0.25, 0.3) is 0 Å². The van der Waals surface area contributed by atoms with Gasteiger partial charge in [-0.1, -0.05) is 53.7 Å². The van der Waals surface area contributed by atoms with Crippen LogP contribution in [0.3, 0.4) is 0 Å². The van der Waals surface area contributed by atoms with Crippen LogP contribution in [0.2, 0.25) is 5.02 Å². The van der Waals surface area contributed by atoms with Crippen LogP contribution in [0.1, 0.15) is 45.1 Å². The highest BCUT2D eigenvalue weighted by atomic mass is 79.9. The molecular formula is C14H21BrClN. The first-order valence-electron chi connectivity index (χ1n) is 6.30. The molecule has 1 atom stereocenters. The van der Waals surface area contributed by atoms with Crippen LogP contribution in [-0.4, -0.2) is 6.04 Å². The minimum absolute atomic E-state index is 0.562. The van der Waals surface area contributed by atoms with E-state index in [0.717, 1.165) is 16.0 Å². The number of unbranched alkanes of at least 4 members (excludes halogenated alkanes) is 2. The van der Waals surface area contributed by atoms with E-state index >= 15 is 0 Å². The fourth-order valence-corrected chi connectivity index (χ4v) is 2.35. The molecule has 1 aromatic carbocycles. The monoisotopic (exact) mass is 317 g/mol. The second-order valence-electron chi connectivity index (χ2n) is 4.51. The zero-order valence-corrected chi connectivity index (χ0v) is 12.9. The Morgan fingerprint density at radius 1 is 1.35 bits per heavy atom. The molecule has 1 rings (SSSR count). The van der Waals surface area contributed by atoms with Crippen molar-refractivity contribution in [1.82, 2.24) is 5.32 Å². The third-order valence-electron chi connectivity index (χ3n) is 2.89. The number of halogens is 2. The van der Waals surface area contributed by atoms with Gasteiger partial charge < -0.3 is 5.32 Å². The maximum atomic E-state index is 5.99. The normalized spacial score (nSPS) is 12.7. The molecule has 0 spiro atoms. The lowest BCUT2D eigenvalue weighted by molar-refractivity contribution is 0.487. The number of rotatable bonds is 7. The highest BCUT2D eigenvalue weighted by Gasteiger charge is 2.04. The van der Waals surface area contributed by atoms with Crippen LogP contribution in [0.15, 0.2) is 22.7 Å². The lowest BCUT2D eigenvalue weighted by Crippen LogP contribution is -2.25. The quantitative estimate of drug-likeness (QED) is 0.685. The Bertz CT molecular complexity index is 341. The summed E-state index contributed by atoms with van der Waals surface area (Å²) >= 11 is 9.53. The standard InChI is InChI=1S/C14H21BrClN/c1-3-4-5-6-11(2)17-10-12-9-13(16)7-8-14(12)15/h7-9,11,17H,3-6,10H2,1-2H3. The SMILES string of the molecule is CCCCCC(C)NCc1cc(Cl)ccc1Br. The average molecular weight is 319 g/mol. The van der Waals surface area contributed by atoms with Gasteiger partial charge >= 0.3 is 0 Å². The number of nitrogens with one attached hydrogen (secondary N) is 1. The predicted molar refractivity (Wildman–Crippen MR) is 79.6 cm³/mol. The van der Waals surface area contributed by atoms with Gasteiger partial charge in [-0.05, 0) is 37.1 Å². The van der Waals surface area contributed by atoms with E-state index in [2.05, 4.69) is 35.1 Å². The van der Waals surface area contributed by atoms with E-state index in [1.54, 1.807) is 0 Å². The third kappa shape index (κ3) is 5.89. The molecule has 0 bridgehead atoms. The van der Waals surface area contributed by atoms with Gasteiger partial charge in [-0.25, -0.2) is 0 Å². The van der Waals surface area contributed by atoms with Gasteiger partial charge in [0, 0.05) is 22.1 Å². The molecule has 0 aromatic heterocycles. The van der Waals surface area contributed by atoms with Gasteiger partial charge in [0.1, 0.15) is 0 Å². The molecule has 1 unspecified atom stereocenters. The molecule has 0 saturated heterocycles. The van der Waals surface area contributed by atoms with Gasteiger partial charge in [-0.2, -0.15) is 0 Å². The van der Waals surface area contributed by atoms with E-state index in [9.17, 15) is 0 Å². The van der Waals surface area contributed by atoms with Gasteiger partial charge in [-0.15, -0.1) is 0 Å². The molecule has 0 aliphatic rings. The molecule has 0 saturated carbocycles. The molecule has 1 N–H and O–H groups in total. The summed E-state index contributed by atoms with van der Waals surface area (Å²) in [6.45, 7) is 5.35. The summed E-state index contributed by atoms with van der Waals surface area (Å²) in [5, 5.41) is 4.33. The number of hydrogen-bond acceptors (Lipinski definition) is 1. The first-order valence-corrected chi connectivity index (χ1v) is 7.48. The maximum Gasteiger partial charge on any atom is 0.0410 e. The van der Waals surface area contributed by atoms with Crippen molar-refractivity contribution in [3.05, 3.63) is 33.3 Å². The Labute approximate surface area is 118 Å². The maximum absolute atomic E-state index is 5.99. The van der Waals surface area contributed by atoms with Crippen LogP contribution in [0.5, 0.6) is 0 Å². The van der Waals surface area contributed by atoms with E-state index in [1.165, 1.54) is 31.2 Å². The summed E-state index contributed by atoms with van der Waals surface area (Å²) in [4.78, 5) is 0. The highest BCUT2D eigenvalue weighted by Crippen LogP contribution is 2.21. The topological polar surface area (TPSA) is 12.0 Å². The Morgan fingerprint density at radius 2 is 2.12 bits per heavy atom. The summed E-state index contributed by atoms with van der Waals surface area (Å²) in [5.41, 5.74) is 1.22. The second-order valence-corrected chi connectivity index (χ2v) is 5.80. The summed E-state index contributed by atoms with van der Waals surface area (Å²) in [6, 6.07) is 6.48. The summed E-state index contributed by atoms with van der Waals surface area (Å²) < 4.78 is 1.12. The van der Waals surface area contributed by atoms with Crippen molar-refractivity contribution in [2.24, 2.45) is 0 Å². The van der Waals surface area contributed by atoms with Gasteiger partial charge in [0.15, 0.2) is 0 Å². The molecule has 0 amide bonds. The van der Waals surface area contributed by atoms with Gasteiger partial charge in [0.2, 0.25) is 0 Å². The average Bonchev–Trinajstić information content (AvgIpc) is 2.31. The molecule has 0 radical (unpaired) electrons. The molecule has 0 aliphatic carbocycles.